The smallest absolute Gasteiger partial charge is 0.325 e. The summed E-state index contributed by atoms with van der Waals surface area (Å²) < 4.78 is 11.6. The Hall–Kier alpha value is -7.58. The zero-order chi connectivity index (χ0) is 57.6. The van der Waals surface area contributed by atoms with E-state index < -0.39 is 72.2 Å². The molecule has 428 valence electrons. The fraction of sp³-hybridized carbons (Fsp3) is 0.500. The minimum Gasteiger partial charge on any atom is -0.457 e. The zero-order valence-electron chi connectivity index (χ0n) is 47.2. The molecule has 0 aliphatic carbocycles. The molecule has 6 N–H and O–H groups in total. The van der Waals surface area contributed by atoms with Gasteiger partial charge in [-0.2, -0.15) is 0 Å². The molecule has 4 aromatic rings. The predicted molar refractivity (Wildman–Crippen MR) is 303 cm³/mol. The molecule has 8 atom stereocenters. The van der Waals surface area contributed by atoms with Gasteiger partial charge in [0, 0.05) is 49.1 Å². The lowest BCUT2D eigenvalue weighted by atomic mass is 10.0. The van der Waals surface area contributed by atoms with E-state index in [0.29, 0.717) is 64.5 Å². The summed E-state index contributed by atoms with van der Waals surface area (Å²) in [5.41, 5.74) is 9.27. The van der Waals surface area contributed by atoms with E-state index in [0.717, 1.165) is 44.1 Å². The molecule has 0 spiro atoms. The highest BCUT2D eigenvalue weighted by Crippen LogP contribution is 2.27. The number of cyclic esters (lactones) is 2. The van der Waals surface area contributed by atoms with Crippen LogP contribution < -0.4 is 32.1 Å². The SMILES string of the molecule is CC(C)[C@@H]1NC(=O)CCC/C=C/c2cc3cc(ccc3cn2)[C@@H](C)OC(=O)[C@@H]2CCCN(N2)C(=O)[C@H](C)NC1=O.CC(C)[C@@H]1NC(=O)CCC/C=C/c2cc3cc(ccc3cn2)[C@@H](C)OC(=O)[C@@H]2CCCN(N2)C(=O)[C@H](C)NC1=O. The second kappa shape index (κ2) is 28.0. The van der Waals surface area contributed by atoms with Gasteiger partial charge < -0.3 is 30.7 Å². The van der Waals surface area contributed by atoms with E-state index in [1.165, 1.54) is 10.0 Å². The number of esters is 2. The van der Waals surface area contributed by atoms with Gasteiger partial charge >= 0.3 is 11.9 Å². The van der Waals surface area contributed by atoms with E-state index in [1.807, 2.05) is 114 Å². The van der Waals surface area contributed by atoms with E-state index in [-0.39, 0.29) is 48.3 Å². The number of pyridine rings is 2. The van der Waals surface area contributed by atoms with Crippen LogP contribution in [0.2, 0.25) is 0 Å². The van der Waals surface area contributed by atoms with Gasteiger partial charge in [-0.25, -0.2) is 10.9 Å². The second-order valence-electron chi connectivity index (χ2n) is 21.8. The number of nitrogens with zero attached hydrogens (tertiary/aromatic N) is 4. The van der Waals surface area contributed by atoms with Gasteiger partial charge in [0.2, 0.25) is 23.6 Å². The van der Waals surface area contributed by atoms with Crippen LogP contribution >= 0.6 is 0 Å². The minimum absolute atomic E-state index is 0.172. The lowest BCUT2D eigenvalue weighted by Crippen LogP contribution is -2.61. The fourth-order valence-corrected chi connectivity index (χ4v) is 9.85. The van der Waals surface area contributed by atoms with Gasteiger partial charge in [0.05, 0.1) is 11.4 Å². The highest BCUT2D eigenvalue weighted by atomic mass is 16.5. The molecule has 10 bridgehead atoms. The number of hydrazine groups is 2. The maximum absolute atomic E-state index is 13.2. The van der Waals surface area contributed by atoms with E-state index in [2.05, 4.69) is 42.1 Å². The molecule has 6 amide bonds. The Balaban J connectivity index is 0.000000231. The van der Waals surface area contributed by atoms with Gasteiger partial charge in [0.1, 0.15) is 48.5 Å². The van der Waals surface area contributed by atoms with Crippen molar-refractivity contribution in [1.82, 2.24) is 52.1 Å². The number of hydrogen-bond donors (Lipinski definition) is 6. The Bertz CT molecular complexity index is 2780. The van der Waals surface area contributed by atoms with Crippen LogP contribution in [0.25, 0.3) is 33.7 Å². The van der Waals surface area contributed by atoms with Crippen LogP contribution in [-0.2, 0) is 47.8 Å². The third-order valence-corrected chi connectivity index (χ3v) is 14.6. The summed E-state index contributed by atoms with van der Waals surface area (Å²) in [6, 6.07) is 11.1. The molecule has 20 nitrogen and oxygen atoms in total. The van der Waals surface area contributed by atoms with E-state index in [9.17, 15) is 38.4 Å². The molecule has 2 aromatic carbocycles. The summed E-state index contributed by atoms with van der Waals surface area (Å²) in [7, 11) is 0. The van der Waals surface area contributed by atoms with Gasteiger partial charge in [-0.05, 0) is 149 Å². The van der Waals surface area contributed by atoms with Gasteiger partial charge in [-0.3, -0.25) is 58.3 Å². The van der Waals surface area contributed by atoms with Crippen LogP contribution in [0.5, 0.6) is 0 Å². The maximum atomic E-state index is 13.2. The summed E-state index contributed by atoms with van der Waals surface area (Å²) in [6.07, 6.45) is 15.8. The van der Waals surface area contributed by atoms with Crippen molar-refractivity contribution < 1.29 is 47.8 Å². The molecule has 2 aromatic heterocycles. The Kier molecular flexibility index (Phi) is 21.0. The number of benzene rings is 2. The highest BCUT2D eigenvalue weighted by Gasteiger charge is 2.36. The van der Waals surface area contributed by atoms with Crippen LogP contribution in [0.1, 0.15) is 154 Å². The number of carbonyl (C=O) groups excluding carboxylic acids is 8. The summed E-state index contributed by atoms with van der Waals surface area (Å²) >= 11 is 0. The van der Waals surface area contributed by atoms with Crippen LogP contribution in [0.4, 0.5) is 0 Å². The number of carbonyl (C=O) groups is 8. The van der Waals surface area contributed by atoms with Crippen LogP contribution in [-0.4, -0.2) is 117 Å². The van der Waals surface area contributed by atoms with Crippen molar-refractivity contribution in [2.45, 2.75) is 168 Å². The number of aromatic nitrogens is 2. The van der Waals surface area contributed by atoms with Gasteiger partial charge in [-0.1, -0.05) is 64.1 Å². The largest absolute Gasteiger partial charge is 0.457 e. The van der Waals surface area contributed by atoms with Crippen molar-refractivity contribution in [1.29, 1.82) is 0 Å². The summed E-state index contributed by atoms with van der Waals surface area (Å²) in [4.78, 5) is 113. The Morgan fingerprint density at radius 1 is 0.512 bits per heavy atom. The van der Waals surface area contributed by atoms with Gasteiger partial charge in [-0.15, -0.1) is 0 Å². The fourth-order valence-electron chi connectivity index (χ4n) is 9.85. The summed E-state index contributed by atoms with van der Waals surface area (Å²) in [6.45, 7) is 15.0. The molecule has 0 saturated carbocycles. The van der Waals surface area contributed by atoms with Gasteiger partial charge in [0.25, 0.3) is 11.8 Å². The van der Waals surface area contributed by atoms with E-state index >= 15 is 0 Å². The number of nitrogens with one attached hydrogen (secondary N) is 6. The molecule has 2 fully saturated rings. The number of amides is 6. The number of ether oxygens (including phenoxy) is 2. The summed E-state index contributed by atoms with van der Waals surface area (Å²) in [5, 5.41) is 17.8. The van der Waals surface area contributed by atoms with Crippen molar-refractivity contribution in [2.24, 2.45) is 11.8 Å². The van der Waals surface area contributed by atoms with Gasteiger partial charge in [0.15, 0.2) is 0 Å². The Morgan fingerprint density at radius 2 is 0.912 bits per heavy atom. The maximum Gasteiger partial charge on any atom is 0.325 e. The third kappa shape index (κ3) is 16.3. The number of hydrogen-bond acceptors (Lipinski definition) is 14. The van der Waals surface area contributed by atoms with Crippen LogP contribution in [0.15, 0.2) is 73.1 Å². The van der Waals surface area contributed by atoms with Crippen LogP contribution in [0, 0.1) is 11.8 Å². The number of fused-ring (bicyclic) bond motifs is 8. The molecule has 8 rings (SSSR count). The minimum atomic E-state index is -0.853. The molecular weight excluding hydrogens is 1020 g/mol. The molecule has 0 radical (unpaired) electrons. The van der Waals surface area contributed by atoms with E-state index in [4.69, 9.17) is 9.47 Å². The quantitative estimate of drug-likeness (QED) is 0.120. The molecule has 2 saturated heterocycles. The molecule has 6 heterocycles. The van der Waals surface area contributed by atoms with Crippen molar-refractivity contribution in [3.63, 3.8) is 0 Å². The van der Waals surface area contributed by atoms with Crippen molar-refractivity contribution in [2.75, 3.05) is 13.1 Å². The Morgan fingerprint density at radius 3 is 1.30 bits per heavy atom. The Labute approximate surface area is 468 Å². The first kappa shape index (κ1) is 60.1. The standard InChI is InChI=1S/2C30H39N5O5/c2*1-18(2)27-28(37)32-19(3)29(38)35-14-8-10-25(34-35)30(39)40-20(4)21-12-13-22-17-31-24(16-23(22)15-21)9-6-5-7-11-26(36)33-27/h2*6,9,12-13,15-20,25,27,34H,5,7-8,10-11,14H2,1-4H3,(H,32,37)(H,33,36)/b2*9-6+/t2*19-,20+,25-,27-/m00/s1. The molecule has 4 aliphatic rings. The molecule has 0 unspecified atom stereocenters. The molecule has 4 aliphatic heterocycles. The predicted octanol–water partition coefficient (Wildman–Crippen LogP) is 6.35. The number of allylic oxidation sites excluding steroid dienone is 2. The average Bonchev–Trinajstić information content (AvgIpc) is 3.47. The third-order valence-electron chi connectivity index (χ3n) is 14.6. The van der Waals surface area contributed by atoms with Crippen molar-refractivity contribution in [3.8, 4) is 0 Å². The number of rotatable bonds is 2. The van der Waals surface area contributed by atoms with Crippen molar-refractivity contribution >= 4 is 81.1 Å². The van der Waals surface area contributed by atoms with Crippen LogP contribution in [0.3, 0.4) is 0 Å². The summed E-state index contributed by atoms with van der Waals surface area (Å²) in [5.74, 6) is -3.24. The first-order valence-corrected chi connectivity index (χ1v) is 28.1. The average molecular weight is 1100 g/mol. The monoisotopic (exact) mass is 1100 g/mol. The second-order valence-corrected chi connectivity index (χ2v) is 21.8. The topological polar surface area (TPSA) is 259 Å². The molecule has 80 heavy (non-hydrogen) atoms. The normalized spacial score (nSPS) is 26.5. The molecular formula is C60H78N10O10. The zero-order valence-corrected chi connectivity index (χ0v) is 47.2. The highest BCUT2D eigenvalue weighted by molar-refractivity contribution is 5.94. The van der Waals surface area contributed by atoms with E-state index in [1.54, 1.807) is 26.2 Å². The lowest BCUT2D eigenvalue weighted by molar-refractivity contribution is -0.158. The van der Waals surface area contributed by atoms with Crippen molar-refractivity contribution in [3.05, 3.63) is 95.6 Å². The first-order chi connectivity index (χ1) is 38.2. The molecule has 20 heteroatoms. The first-order valence-electron chi connectivity index (χ1n) is 28.1. The lowest BCUT2D eigenvalue weighted by Gasteiger charge is -2.35.